The molecule has 3 aromatic rings. The molecule has 2 heterocycles. The molecule has 0 radical (unpaired) electrons. The number of aromatic amines is 1. The number of hydrogen-bond donors (Lipinski definition) is 3. The molecule has 198 valence electrons. The zero-order valence-corrected chi connectivity index (χ0v) is 22.0. The van der Waals surface area contributed by atoms with Crippen LogP contribution in [0.1, 0.15) is 33.9 Å². The van der Waals surface area contributed by atoms with Crippen molar-refractivity contribution in [2.75, 3.05) is 37.7 Å². The van der Waals surface area contributed by atoms with Crippen LogP contribution >= 0.6 is 0 Å². The molecule has 38 heavy (non-hydrogen) atoms. The van der Waals surface area contributed by atoms with E-state index < -0.39 is 15.4 Å². The summed E-state index contributed by atoms with van der Waals surface area (Å²) in [5.74, 6) is 6.30. The SMILES string of the molecule is C=CCNCC(Cc1ccc(C#Cc2ccc(CN3CCS(=O)(=O)CC3)cc2)cc1)c1nc[nH]c(=O)c1O. The van der Waals surface area contributed by atoms with Gasteiger partial charge in [0.2, 0.25) is 5.75 Å². The van der Waals surface area contributed by atoms with Crippen molar-refractivity contribution in [3.8, 4) is 17.6 Å². The van der Waals surface area contributed by atoms with Crippen molar-refractivity contribution in [1.29, 1.82) is 0 Å². The first-order valence-electron chi connectivity index (χ1n) is 12.5. The fourth-order valence-electron chi connectivity index (χ4n) is 4.34. The average molecular weight is 533 g/mol. The Bertz CT molecular complexity index is 1460. The predicted octanol–water partition coefficient (Wildman–Crippen LogP) is 2.21. The maximum atomic E-state index is 11.9. The highest BCUT2D eigenvalue weighted by Gasteiger charge is 2.21. The molecule has 1 saturated heterocycles. The second kappa shape index (κ2) is 12.7. The number of aromatic nitrogens is 2. The Kier molecular flexibility index (Phi) is 9.13. The third-order valence-electron chi connectivity index (χ3n) is 6.51. The van der Waals surface area contributed by atoms with Gasteiger partial charge in [-0.05, 0) is 41.8 Å². The Balaban J connectivity index is 1.38. The van der Waals surface area contributed by atoms with Crippen LogP contribution < -0.4 is 10.9 Å². The van der Waals surface area contributed by atoms with E-state index >= 15 is 0 Å². The molecule has 1 fully saturated rings. The van der Waals surface area contributed by atoms with E-state index in [0.717, 1.165) is 28.8 Å². The number of nitrogens with one attached hydrogen (secondary N) is 2. The van der Waals surface area contributed by atoms with Crippen LogP contribution in [-0.2, 0) is 22.8 Å². The van der Waals surface area contributed by atoms with Crippen molar-refractivity contribution in [2.45, 2.75) is 18.9 Å². The normalized spacial score (nSPS) is 15.8. The van der Waals surface area contributed by atoms with Gasteiger partial charge >= 0.3 is 0 Å². The van der Waals surface area contributed by atoms with Gasteiger partial charge in [-0.25, -0.2) is 13.4 Å². The van der Waals surface area contributed by atoms with Gasteiger partial charge < -0.3 is 15.4 Å². The van der Waals surface area contributed by atoms with Gasteiger partial charge in [0.05, 0.1) is 23.5 Å². The summed E-state index contributed by atoms with van der Waals surface area (Å²) in [6.45, 7) is 6.74. The Morgan fingerprint density at radius 1 is 1.05 bits per heavy atom. The molecular weight excluding hydrogens is 500 g/mol. The van der Waals surface area contributed by atoms with Crippen molar-refractivity contribution < 1.29 is 13.5 Å². The minimum atomic E-state index is -2.87. The van der Waals surface area contributed by atoms with Crippen molar-refractivity contribution in [3.05, 3.63) is 106 Å². The summed E-state index contributed by atoms with van der Waals surface area (Å²) in [5.41, 5.74) is 3.77. The first kappa shape index (κ1) is 27.3. The van der Waals surface area contributed by atoms with Crippen LogP contribution in [-0.4, -0.2) is 66.1 Å². The first-order chi connectivity index (χ1) is 18.3. The summed E-state index contributed by atoms with van der Waals surface area (Å²) in [6.07, 6.45) is 3.65. The molecule has 0 spiro atoms. The summed E-state index contributed by atoms with van der Waals surface area (Å²) in [5, 5.41) is 13.5. The first-order valence-corrected chi connectivity index (χ1v) is 14.4. The Morgan fingerprint density at radius 3 is 2.26 bits per heavy atom. The summed E-state index contributed by atoms with van der Waals surface area (Å²) in [4.78, 5) is 20.6. The van der Waals surface area contributed by atoms with E-state index in [1.54, 1.807) is 6.08 Å². The van der Waals surface area contributed by atoms with Crippen LogP contribution in [0.15, 0.2) is 72.3 Å². The number of H-pyrrole nitrogens is 1. The molecule has 0 aliphatic carbocycles. The molecule has 8 nitrogen and oxygen atoms in total. The largest absolute Gasteiger partial charge is 0.502 e. The minimum absolute atomic E-state index is 0.193. The molecule has 0 saturated carbocycles. The maximum Gasteiger partial charge on any atom is 0.293 e. The molecule has 1 atom stereocenters. The van der Waals surface area contributed by atoms with Gasteiger partial charge in [0, 0.05) is 49.8 Å². The number of rotatable bonds is 9. The summed E-state index contributed by atoms with van der Waals surface area (Å²) < 4.78 is 23.2. The second-order valence-electron chi connectivity index (χ2n) is 9.39. The lowest BCUT2D eigenvalue weighted by Crippen LogP contribution is -2.39. The maximum absolute atomic E-state index is 11.9. The zero-order chi connectivity index (χ0) is 27.0. The van der Waals surface area contributed by atoms with E-state index in [4.69, 9.17) is 0 Å². The third kappa shape index (κ3) is 7.65. The van der Waals surface area contributed by atoms with Gasteiger partial charge in [0.25, 0.3) is 5.56 Å². The number of aromatic hydroxyl groups is 1. The van der Waals surface area contributed by atoms with Gasteiger partial charge in [0.1, 0.15) is 0 Å². The highest BCUT2D eigenvalue weighted by Crippen LogP contribution is 2.23. The van der Waals surface area contributed by atoms with Crippen LogP contribution in [0, 0.1) is 11.8 Å². The Morgan fingerprint density at radius 2 is 1.66 bits per heavy atom. The quantitative estimate of drug-likeness (QED) is 0.220. The van der Waals surface area contributed by atoms with Gasteiger partial charge in [-0.1, -0.05) is 42.2 Å². The van der Waals surface area contributed by atoms with Crippen molar-refractivity contribution >= 4 is 9.84 Å². The molecule has 1 aromatic heterocycles. The molecular formula is C29H32N4O4S. The van der Waals surface area contributed by atoms with Crippen molar-refractivity contribution in [2.24, 2.45) is 0 Å². The lowest BCUT2D eigenvalue weighted by Gasteiger charge is -2.26. The molecule has 9 heteroatoms. The minimum Gasteiger partial charge on any atom is -0.502 e. The number of benzene rings is 2. The molecule has 3 N–H and O–H groups in total. The molecule has 0 amide bonds. The van der Waals surface area contributed by atoms with Crippen LogP contribution in [0.5, 0.6) is 5.75 Å². The smallest absolute Gasteiger partial charge is 0.293 e. The van der Waals surface area contributed by atoms with Crippen molar-refractivity contribution in [3.63, 3.8) is 0 Å². The number of nitrogens with zero attached hydrogens (tertiary/aromatic N) is 2. The fraction of sp³-hybridized carbons (Fsp3) is 0.310. The van der Waals surface area contributed by atoms with Gasteiger partial charge in [-0.15, -0.1) is 6.58 Å². The van der Waals surface area contributed by atoms with Gasteiger partial charge in [0.15, 0.2) is 9.84 Å². The summed E-state index contributed by atoms with van der Waals surface area (Å²) in [7, 11) is -2.87. The Labute approximate surface area is 223 Å². The molecule has 1 aliphatic heterocycles. The number of sulfone groups is 1. The van der Waals surface area contributed by atoms with Crippen LogP contribution in [0.3, 0.4) is 0 Å². The lowest BCUT2D eigenvalue weighted by molar-refractivity contribution is 0.287. The van der Waals surface area contributed by atoms with E-state index in [1.807, 2.05) is 48.5 Å². The zero-order valence-electron chi connectivity index (χ0n) is 21.2. The lowest BCUT2D eigenvalue weighted by atomic mass is 9.94. The van der Waals surface area contributed by atoms with E-state index in [2.05, 4.69) is 38.6 Å². The fourth-order valence-corrected chi connectivity index (χ4v) is 5.62. The van der Waals surface area contributed by atoms with Crippen LogP contribution in [0.2, 0.25) is 0 Å². The molecule has 1 aliphatic rings. The van der Waals surface area contributed by atoms with Crippen LogP contribution in [0.25, 0.3) is 0 Å². The monoisotopic (exact) mass is 532 g/mol. The molecule has 4 rings (SSSR count). The molecule has 1 unspecified atom stereocenters. The van der Waals surface area contributed by atoms with E-state index in [9.17, 15) is 18.3 Å². The van der Waals surface area contributed by atoms with E-state index in [-0.39, 0.29) is 23.2 Å². The third-order valence-corrected chi connectivity index (χ3v) is 8.12. The highest BCUT2D eigenvalue weighted by atomic mass is 32.2. The van der Waals surface area contributed by atoms with Crippen LogP contribution in [0.4, 0.5) is 0 Å². The van der Waals surface area contributed by atoms with E-state index in [1.165, 1.54) is 6.33 Å². The van der Waals surface area contributed by atoms with E-state index in [0.29, 0.717) is 38.3 Å². The standard InChI is InChI=1S/C29H32N4O4S/c1-2-13-30-19-26(27-28(34)29(35)32-21-31-27)18-24-9-5-22(6-10-24)3-4-23-7-11-25(12-8-23)20-33-14-16-38(36,37)17-15-33/h2,5-12,21,26,30,34H,1,13-20H2,(H,31,32,35). The van der Waals surface area contributed by atoms with Gasteiger partial charge in [-0.3, -0.25) is 9.69 Å². The van der Waals surface area contributed by atoms with Crippen molar-refractivity contribution in [1.82, 2.24) is 20.2 Å². The summed E-state index contributed by atoms with van der Waals surface area (Å²) >= 11 is 0. The topological polar surface area (TPSA) is 115 Å². The summed E-state index contributed by atoms with van der Waals surface area (Å²) in [6, 6.07) is 16.0. The Hall–Kier alpha value is -3.71. The molecule has 2 aromatic carbocycles. The number of hydrogen-bond acceptors (Lipinski definition) is 7. The second-order valence-corrected chi connectivity index (χ2v) is 11.7. The predicted molar refractivity (Wildman–Crippen MR) is 149 cm³/mol. The highest BCUT2D eigenvalue weighted by molar-refractivity contribution is 7.91. The molecule has 0 bridgehead atoms. The van der Waals surface area contributed by atoms with Gasteiger partial charge in [-0.2, -0.15) is 0 Å². The average Bonchev–Trinajstić information content (AvgIpc) is 2.91.